The number of methoxy groups -OCH3 is 1. The molecule has 0 saturated carbocycles. The maximum Gasteiger partial charge on any atom is 0.331 e. The molecule has 1 aromatic carbocycles. The van der Waals surface area contributed by atoms with Gasteiger partial charge in [-0.1, -0.05) is 26.7 Å². The Balaban J connectivity index is 2.74. The van der Waals surface area contributed by atoms with E-state index in [1.54, 1.807) is 31.2 Å². The van der Waals surface area contributed by atoms with Crippen molar-refractivity contribution in [1.29, 1.82) is 0 Å². The van der Waals surface area contributed by atoms with Crippen molar-refractivity contribution >= 4 is 11.9 Å². The van der Waals surface area contributed by atoms with Crippen LogP contribution in [0.1, 0.15) is 56.8 Å². The van der Waals surface area contributed by atoms with Gasteiger partial charge in [0.1, 0.15) is 11.3 Å². The van der Waals surface area contributed by atoms with E-state index in [2.05, 4.69) is 12.2 Å². The number of benzene rings is 1. The third-order valence-electron chi connectivity index (χ3n) is 3.66. The van der Waals surface area contributed by atoms with Crippen LogP contribution in [0.5, 0.6) is 5.75 Å². The molecule has 0 fully saturated rings. The van der Waals surface area contributed by atoms with E-state index in [1.807, 2.05) is 6.92 Å². The number of hydrogen-bond donors (Lipinski definition) is 1. The number of amides is 1. The maximum atomic E-state index is 12.4. The number of unbranched alkanes of at least 4 members (excludes halogenated alkanes) is 1. The minimum atomic E-state index is -1.02. The molecule has 0 bridgehead atoms. The zero-order valence-corrected chi connectivity index (χ0v) is 14.5. The molecule has 128 valence electrons. The molecular formula is C18H27NO4. The Bertz CT molecular complexity index is 512. The summed E-state index contributed by atoms with van der Waals surface area (Å²) in [7, 11) is 1.32. The molecular weight excluding hydrogens is 294 g/mol. The Labute approximate surface area is 138 Å². The fourth-order valence-corrected chi connectivity index (χ4v) is 2.30. The summed E-state index contributed by atoms with van der Waals surface area (Å²) in [5.41, 5.74) is -0.532. The van der Waals surface area contributed by atoms with Crippen molar-refractivity contribution in [2.45, 2.75) is 52.0 Å². The van der Waals surface area contributed by atoms with E-state index in [1.165, 1.54) is 7.11 Å². The molecule has 1 aromatic rings. The van der Waals surface area contributed by atoms with Crippen LogP contribution < -0.4 is 10.1 Å². The molecule has 1 atom stereocenters. The highest BCUT2D eigenvalue weighted by atomic mass is 16.5. The predicted molar refractivity (Wildman–Crippen MR) is 89.6 cm³/mol. The Morgan fingerprint density at radius 1 is 1.13 bits per heavy atom. The Hall–Kier alpha value is -2.04. The lowest BCUT2D eigenvalue weighted by molar-refractivity contribution is -0.147. The van der Waals surface area contributed by atoms with Gasteiger partial charge in [-0.2, -0.15) is 0 Å². The number of hydrogen-bond acceptors (Lipinski definition) is 4. The van der Waals surface area contributed by atoms with E-state index in [0.29, 0.717) is 18.6 Å². The summed E-state index contributed by atoms with van der Waals surface area (Å²) >= 11 is 0. The van der Waals surface area contributed by atoms with Gasteiger partial charge in [0.05, 0.1) is 13.7 Å². The summed E-state index contributed by atoms with van der Waals surface area (Å²) < 4.78 is 10.4. The first kappa shape index (κ1) is 19.0. The van der Waals surface area contributed by atoms with Crippen LogP contribution >= 0.6 is 0 Å². The molecule has 5 heteroatoms. The van der Waals surface area contributed by atoms with E-state index >= 15 is 0 Å². The van der Waals surface area contributed by atoms with Crippen LogP contribution in [0.15, 0.2) is 24.3 Å². The summed E-state index contributed by atoms with van der Waals surface area (Å²) in [6.45, 7) is 6.41. The van der Waals surface area contributed by atoms with Crippen molar-refractivity contribution in [2.75, 3.05) is 13.7 Å². The monoisotopic (exact) mass is 321 g/mol. The molecule has 5 nitrogen and oxygen atoms in total. The molecule has 0 saturated heterocycles. The molecule has 0 aliphatic rings. The summed E-state index contributed by atoms with van der Waals surface area (Å²) in [5.74, 6) is -0.00188. The van der Waals surface area contributed by atoms with Gasteiger partial charge in [-0.3, -0.25) is 4.79 Å². The third-order valence-corrected chi connectivity index (χ3v) is 3.66. The highest BCUT2D eigenvalue weighted by Crippen LogP contribution is 2.17. The number of carbonyl (C=O) groups is 2. The van der Waals surface area contributed by atoms with Crippen molar-refractivity contribution in [3.8, 4) is 5.75 Å². The normalized spacial score (nSPS) is 13.0. The Morgan fingerprint density at radius 2 is 1.78 bits per heavy atom. The lowest BCUT2D eigenvalue weighted by Gasteiger charge is -2.27. The van der Waals surface area contributed by atoms with Crippen LogP contribution in [-0.2, 0) is 9.53 Å². The minimum absolute atomic E-state index is 0.300. The van der Waals surface area contributed by atoms with Gasteiger partial charge >= 0.3 is 5.97 Å². The summed E-state index contributed by atoms with van der Waals surface area (Å²) in [6.07, 6.45) is 3.35. The van der Waals surface area contributed by atoms with Crippen molar-refractivity contribution in [1.82, 2.24) is 5.32 Å². The number of ether oxygens (including phenoxy) is 2. The molecule has 23 heavy (non-hydrogen) atoms. The van der Waals surface area contributed by atoms with E-state index in [-0.39, 0.29) is 5.91 Å². The SMILES string of the molecule is CCCCOc1ccc(C(=O)NC(C)(CCC)C(=O)OC)cc1. The van der Waals surface area contributed by atoms with Crippen molar-refractivity contribution in [3.63, 3.8) is 0 Å². The lowest BCUT2D eigenvalue weighted by atomic mass is 9.95. The molecule has 1 N–H and O–H groups in total. The minimum Gasteiger partial charge on any atom is -0.494 e. The molecule has 1 rings (SSSR count). The maximum absolute atomic E-state index is 12.4. The van der Waals surface area contributed by atoms with Crippen LogP contribution in [0, 0.1) is 0 Å². The molecule has 1 amide bonds. The third kappa shape index (κ3) is 5.58. The zero-order chi connectivity index (χ0) is 17.3. The summed E-state index contributed by atoms with van der Waals surface area (Å²) in [4.78, 5) is 24.3. The first-order valence-electron chi connectivity index (χ1n) is 8.10. The second kappa shape index (κ2) is 9.18. The summed E-state index contributed by atoms with van der Waals surface area (Å²) in [6, 6.07) is 6.92. The van der Waals surface area contributed by atoms with E-state index in [4.69, 9.17) is 9.47 Å². The predicted octanol–water partition coefficient (Wildman–Crippen LogP) is 3.33. The lowest BCUT2D eigenvalue weighted by Crippen LogP contribution is -2.52. The standard InChI is InChI=1S/C18H27NO4/c1-5-7-13-23-15-10-8-14(9-11-15)16(20)19-18(3,12-6-2)17(21)22-4/h8-11H,5-7,12-13H2,1-4H3,(H,19,20). The zero-order valence-electron chi connectivity index (χ0n) is 14.5. The van der Waals surface area contributed by atoms with E-state index in [0.717, 1.165) is 25.0 Å². The first-order valence-corrected chi connectivity index (χ1v) is 8.10. The topological polar surface area (TPSA) is 64.6 Å². The van der Waals surface area contributed by atoms with Gasteiger partial charge in [-0.25, -0.2) is 4.79 Å². The van der Waals surface area contributed by atoms with Crippen LogP contribution in [0.2, 0.25) is 0 Å². The van der Waals surface area contributed by atoms with Gasteiger partial charge in [0, 0.05) is 5.56 Å². The second-order valence-electron chi connectivity index (χ2n) is 5.75. The molecule has 0 aromatic heterocycles. The Morgan fingerprint density at radius 3 is 2.30 bits per heavy atom. The second-order valence-corrected chi connectivity index (χ2v) is 5.75. The molecule has 0 spiro atoms. The van der Waals surface area contributed by atoms with Crippen molar-refractivity contribution in [2.24, 2.45) is 0 Å². The molecule has 0 aliphatic heterocycles. The molecule has 0 radical (unpaired) electrons. The number of rotatable bonds is 9. The first-order chi connectivity index (χ1) is 11.0. The van der Waals surface area contributed by atoms with Gasteiger partial charge < -0.3 is 14.8 Å². The molecule has 0 aliphatic carbocycles. The van der Waals surface area contributed by atoms with Crippen molar-refractivity contribution < 1.29 is 19.1 Å². The quantitative estimate of drug-likeness (QED) is 0.560. The molecule has 1 unspecified atom stereocenters. The van der Waals surface area contributed by atoms with Crippen LogP contribution in [-0.4, -0.2) is 31.1 Å². The number of carbonyl (C=O) groups excluding carboxylic acids is 2. The van der Waals surface area contributed by atoms with Gasteiger partial charge in [0.2, 0.25) is 0 Å². The van der Waals surface area contributed by atoms with Crippen LogP contribution in [0.4, 0.5) is 0 Å². The number of nitrogens with one attached hydrogen (secondary N) is 1. The fraction of sp³-hybridized carbons (Fsp3) is 0.556. The largest absolute Gasteiger partial charge is 0.494 e. The fourth-order valence-electron chi connectivity index (χ4n) is 2.30. The Kier molecular flexibility index (Phi) is 7.59. The number of esters is 1. The van der Waals surface area contributed by atoms with Crippen LogP contribution in [0.25, 0.3) is 0 Å². The van der Waals surface area contributed by atoms with E-state index < -0.39 is 11.5 Å². The van der Waals surface area contributed by atoms with Gasteiger partial charge in [0.15, 0.2) is 0 Å². The molecule has 0 heterocycles. The van der Waals surface area contributed by atoms with Gasteiger partial charge in [-0.05, 0) is 44.0 Å². The average Bonchev–Trinajstić information content (AvgIpc) is 2.55. The van der Waals surface area contributed by atoms with E-state index in [9.17, 15) is 9.59 Å². The van der Waals surface area contributed by atoms with Crippen molar-refractivity contribution in [3.05, 3.63) is 29.8 Å². The van der Waals surface area contributed by atoms with Gasteiger partial charge in [-0.15, -0.1) is 0 Å². The summed E-state index contributed by atoms with van der Waals surface area (Å²) in [5, 5.41) is 2.78. The highest BCUT2D eigenvalue weighted by molar-refractivity contribution is 5.98. The average molecular weight is 321 g/mol. The smallest absolute Gasteiger partial charge is 0.331 e. The highest BCUT2D eigenvalue weighted by Gasteiger charge is 2.35. The van der Waals surface area contributed by atoms with Gasteiger partial charge in [0.25, 0.3) is 5.91 Å². The van der Waals surface area contributed by atoms with Crippen LogP contribution in [0.3, 0.4) is 0 Å².